The number of ether oxygens (including phenoxy) is 1. The average molecular weight is 246 g/mol. The summed E-state index contributed by atoms with van der Waals surface area (Å²) in [5, 5.41) is 1.09. The molecule has 0 heterocycles. The lowest BCUT2D eigenvalue weighted by molar-refractivity contribution is 0.308. The van der Waals surface area contributed by atoms with Crippen molar-refractivity contribution in [3.8, 4) is 5.75 Å². The van der Waals surface area contributed by atoms with E-state index in [-0.39, 0.29) is 0 Å². The maximum Gasteiger partial charge on any atom is 0.198 e. The molecule has 0 bridgehead atoms. The van der Waals surface area contributed by atoms with Gasteiger partial charge in [-0.2, -0.15) is 0 Å². The van der Waals surface area contributed by atoms with Crippen LogP contribution in [0.5, 0.6) is 5.75 Å². The second kappa shape index (κ2) is 6.70. The molecule has 0 spiro atoms. The molecule has 1 rings (SSSR count). The molecule has 0 aromatic heterocycles. The Labute approximate surface area is 99.1 Å². The van der Waals surface area contributed by atoms with Crippen molar-refractivity contribution in [3.63, 3.8) is 0 Å². The molecule has 0 aliphatic rings. The Bertz CT molecular complexity index is 326. The molecule has 0 amide bonds. The molecular weight excluding hydrogens is 235 g/mol. The zero-order valence-corrected chi connectivity index (χ0v) is 9.64. The Hall–Kier alpha value is -0.730. The van der Waals surface area contributed by atoms with Crippen LogP contribution in [0.15, 0.2) is 18.2 Å². The summed E-state index contributed by atoms with van der Waals surface area (Å²) in [6.07, 6.45) is 3.89. The van der Waals surface area contributed by atoms with Crippen LogP contribution in [0, 0.1) is 0 Å². The van der Waals surface area contributed by atoms with Crippen molar-refractivity contribution in [1.82, 2.24) is 0 Å². The molecule has 1 aromatic rings. The fourth-order valence-corrected chi connectivity index (χ4v) is 1.54. The summed E-state index contributed by atoms with van der Waals surface area (Å²) in [5.41, 5.74) is 0. The van der Waals surface area contributed by atoms with Crippen molar-refractivity contribution in [2.24, 2.45) is 0 Å². The van der Waals surface area contributed by atoms with Crippen LogP contribution in [0.3, 0.4) is 0 Å². The van der Waals surface area contributed by atoms with E-state index in [1.54, 1.807) is 18.2 Å². The minimum absolute atomic E-state index is 0.456. The molecule has 81 valence electrons. The van der Waals surface area contributed by atoms with Gasteiger partial charge in [0.2, 0.25) is 0 Å². The lowest BCUT2D eigenvalue weighted by Gasteiger charge is -2.07. The number of hydrogen-bond acceptors (Lipinski definition) is 2. The molecule has 0 saturated heterocycles. The van der Waals surface area contributed by atoms with E-state index in [1.807, 2.05) is 6.29 Å². The van der Waals surface area contributed by atoms with Crippen molar-refractivity contribution in [3.05, 3.63) is 28.2 Å². The van der Waals surface area contributed by atoms with Crippen molar-refractivity contribution in [2.45, 2.75) is 19.3 Å². The van der Waals surface area contributed by atoms with Crippen LogP contribution in [0.25, 0.3) is 0 Å². The number of unbranched alkanes of at least 4 members (excludes halogenated alkanes) is 2. The first kappa shape index (κ1) is 12.3. The Balaban J connectivity index is 2.34. The number of hydrogen-bond donors (Lipinski definition) is 0. The number of carbonyl (C=O) groups excluding carboxylic acids is 1. The van der Waals surface area contributed by atoms with E-state index in [0.29, 0.717) is 28.8 Å². The summed E-state index contributed by atoms with van der Waals surface area (Å²) in [7, 11) is 0. The van der Waals surface area contributed by atoms with Crippen LogP contribution < -0.4 is 4.74 Å². The van der Waals surface area contributed by atoms with Gasteiger partial charge in [-0.25, -0.2) is 0 Å². The normalized spacial score (nSPS) is 10.0. The molecule has 0 saturated carbocycles. The van der Waals surface area contributed by atoms with Crippen molar-refractivity contribution < 1.29 is 9.53 Å². The van der Waals surface area contributed by atoms with Crippen LogP contribution in [0.1, 0.15) is 19.3 Å². The van der Waals surface area contributed by atoms with E-state index in [9.17, 15) is 4.79 Å². The lowest BCUT2D eigenvalue weighted by atomic mass is 10.2. The van der Waals surface area contributed by atoms with Crippen LogP contribution in [-0.4, -0.2) is 12.9 Å². The topological polar surface area (TPSA) is 26.3 Å². The summed E-state index contributed by atoms with van der Waals surface area (Å²) < 4.78 is 5.42. The Kier molecular flexibility index (Phi) is 5.51. The molecule has 2 nitrogen and oxygen atoms in total. The first-order chi connectivity index (χ1) is 7.24. The van der Waals surface area contributed by atoms with Crippen LogP contribution >= 0.6 is 23.2 Å². The van der Waals surface area contributed by atoms with Gasteiger partial charge in [0.25, 0.3) is 0 Å². The molecule has 4 heteroatoms. The van der Waals surface area contributed by atoms with E-state index < -0.39 is 0 Å². The highest BCUT2D eigenvalue weighted by molar-refractivity contribution is 6.35. The zero-order valence-electron chi connectivity index (χ0n) is 8.13. The van der Waals surface area contributed by atoms with Gasteiger partial charge in [-0.15, -0.1) is 0 Å². The summed E-state index contributed by atoms with van der Waals surface area (Å²) in [6, 6.07) is 5.09. The minimum atomic E-state index is 0.456. The van der Waals surface area contributed by atoms with Gasteiger partial charge < -0.3 is 4.74 Å². The molecule has 0 fully saturated rings. The summed E-state index contributed by atoms with van der Waals surface area (Å²) in [5.74, 6) is 0.621. The van der Waals surface area contributed by atoms with Crippen molar-refractivity contribution in [1.29, 1.82) is 0 Å². The van der Waals surface area contributed by atoms with Crippen molar-refractivity contribution >= 4 is 29.5 Å². The summed E-state index contributed by atoms with van der Waals surface area (Å²) in [4.78, 5) is 9.93. The third-order valence-corrected chi connectivity index (χ3v) is 2.36. The fourth-order valence-electron chi connectivity index (χ4n) is 1.07. The molecule has 0 aliphatic carbocycles. The fraction of sp³-hybridized carbons (Fsp3) is 0.364. The van der Waals surface area contributed by atoms with E-state index >= 15 is 0 Å². The van der Waals surface area contributed by atoms with Gasteiger partial charge in [-0.3, -0.25) is 4.79 Å². The van der Waals surface area contributed by atoms with Crippen molar-refractivity contribution in [2.75, 3.05) is 6.61 Å². The zero-order chi connectivity index (χ0) is 11.1. The van der Waals surface area contributed by atoms with E-state index in [1.165, 1.54) is 0 Å². The van der Waals surface area contributed by atoms with Crippen LogP contribution in [0.4, 0.5) is 0 Å². The Morgan fingerprint density at radius 1 is 1.27 bits per heavy atom. The molecular formula is C11H11Cl2O2. The SMILES string of the molecule is O=[C]CCCCOc1ccc(Cl)cc1Cl. The molecule has 1 radical (unpaired) electrons. The highest BCUT2D eigenvalue weighted by atomic mass is 35.5. The van der Waals surface area contributed by atoms with E-state index in [2.05, 4.69) is 0 Å². The maximum atomic E-state index is 9.93. The largest absolute Gasteiger partial charge is 0.492 e. The van der Waals surface area contributed by atoms with Gasteiger partial charge in [0, 0.05) is 11.4 Å². The molecule has 0 N–H and O–H groups in total. The predicted octanol–water partition coefficient (Wildman–Crippen LogP) is 3.65. The number of rotatable bonds is 6. The van der Waals surface area contributed by atoms with Gasteiger partial charge in [-0.05, 0) is 31.0 Å². The van der Waals surface area contributed by atoms with Crippen LogP contribution in [-0.2, 0) is 4.79 Å². The number of benzene rings is 1. The monoisotopic (exact) mass is 245 g/mol. The predicted molar refractivity (Wildman–Crippen MR) is 61.5 cm³/mol. The smallest absolute Gasteiger partial charge is 0.198 e. The Morgan fingerprint density at radius 3 is 2.73 bits per heavy atom. The van der Waals surface area contributed by atoms with Gasteiger partial charge >= 0.3 is 0 Å². The van der Waals surface area contributed by atoms with Gasteiger partial charge in [0.05, 0.1) is 11.6 Å². The third-order valence-electron chi connectivity index (χ3n) is 1.82. The highest BCUT2D eigenvalue weighted by Gasteiger charge is 2.01. The average Bonchev–Trinajstić information content (AvgIpc) is 2.20. The molecule has 0 unspecified atom stereocenters. The highest BCUT2D eigenvalue weighted by Crippen LogP contribution is 2.27. The molecule has 0 aliphatic heterocycles. The first-order valence-corrected chi connectivity index (χ1v) is 5.42. The molecule has 1 aromatic carbocycles. The second-order valence-corrected chi connectivity index (χ2v) is 3.87. The summed E-state index contributed by atoms with van der Waals surface area (Å²) >= 11 is 11.6. The third kappa shape index (κ3) is 4.54. The summed E-state index contributed by atoms with van der Waals surface area (Å²) in [6.45, 7) is 0.545. The lowest BCUT2D eigenvalue weighted by Crippen LogP contribution is -1.97. The minimum Gasteiger partial charge on any atom is -0.492 e. The quantitative estimate of drug-likeness (QED) is 0.716. The van der Waals surface area contributed by atoms with Gasteiger partial charge in [-0.1, -0.05) is 23.2 Å². The second-order valence-electron chi connectivity index (χ2n) is 3.02. The van der Waals surface area contributed by atoms with E-state index in [4.69, 9.17) is 27.9 Å². The molecule has 15 heavy (non-hydrogen) atoms. The number of halogens is 2. The van der Waals surface area contributed by atoms with Gasteiger partial charge in [0.15, 0.2) is 6.29 Å². The van der Waals surface area contributed by atoms with Gasteiger partial charge in [0.1, 0.15) is 5.75 Å². The first-order valence-electron chi connectivity index (χ1n) is 4.67. The van der Waals surface area contributed by atoms with Crippen LogP contribution in [0.2, 0.25) is 10.0 Å². The molecule has 0 atom stereocenters. The maximum absolute atomic E-state index is 9.93. The van der Waals surface area contributed by atoms with E-state index in [0.717, 1.165) is 12.8 Å². The Morgan fingerprint density at radius 2 is 2.07 bits per heavy atom. The standard InChI is InChI=1S/C11H11Cl2O2/c12-9-4-5-11(10(13)8-9)15-7-3-1-2-6-14/h4-5,8H,1-3,7H2.